The number of rotatable bonds is 6. The minimum absolute atomic E-state index is 0.0741. The molecule has 7 nitrogen and oxygen atoms in total. The number of non-ortho nitro benzene ring substituents is 1. The van der Waals surface area contributed by atoms with Gasteiger partial charge in [0.1, 0.15) is 0 Å². The Hall–Kier alpha value is -2.96. The van der Waals surface area contributed by atoms with E-state index in [9.17, 15) is 19.7 Å². The van der Waals surface area contributed by atoms with Gasteiger partial charge in [-0.1, -0.05) is 6.07 Å². The Bertz CT molecular complexity index is 783. The second-order valence-corrected chi connectivity index (χ2v) is 5.15. The summed E-state index contributed by atoms with van der Waals surface area (Å²) in [6.45, 7) is 2.72. The van der Waals surface area contributed by atoms with Crippen molar-refractivity contribution in [3.8, 4) is 0 Å². The Morgan fingerprint density at radius 1 is 1.30 bits per heavy atom. The summed E-state index contributed by atoms with van der Waals surface area (Å²) in [7, 11) is 0. The molecule has 2 aromatic rings. The molecule has 1 aromatic carbocycles. The van der Waals surface area contributed by atoms with E-state index in [1.54, 1.807) is 16.8 Å². The van der Waals surface area contributed by atoms with Crippen LogP contribution in [0.5, 0.6) is 0 Å². The van der Waals surface area contributed by atoms with Crippen molar-refractivity contribution in [1.82, 2.24) is 9.88 Å². The molecule has 1 heterocycles. The number of nitro benzene ring substituents is 1. The maximum atomic E-state index is 11.9. The lowest BCUT2D eigenvalue weighted by atomic mass is 10.2. The first-order valence-corrected chi connectivity index (χ1v) is 7.17. The van der Waals surface area contributed by atoms with E-state index in [1.807, 2.05) is 13.0 Å². The van der Waals surface area contributed by atoms with Gasteiger partial charge in [-0.2, -0.15) is 0 Å². The Morgan fingerprint density at radius 3 is 2.78 bits per heavy atom. The third-order valence-electron chi connectivity index (χ3n) is 3.33. The highest BCUT2D eigenvalue weighted by molar-refractivity contribution is 5.94. The van der Waals surface area contributed by atoms with Crippen molar-refractivity contribution >= 4 is 11.6 Å². The van der Waals surface area contributed by atoms with Gasteiger partial charge in [-0.05, 0) is 31.0 Å². The van der Waals surface area contributed by atoms with E-state index < -0.39 is 4.92 Å². The summed E-state index contributed by atoms with van der Waals surface area (Å²) < 4.78 is 1.58. The summed E-state index contributed by atoms with van der Waals surface area (Å²) >= 11 is 0. The maximum absolute atomic E-state index is 11.9. The molecule has 2 rings (SSSR count). The fraction of sp³-hybridized carbons (Fsp3) is 0.250. The zero-order chi connectivity index (χ0) is 16.8. The molecule has 0 saturated heterocycles. The number of aromatic nitrogens is 1. The lowest BCUT2D eigenvalue weighted by molar-refractivity contribution is -0.384. The molecular weight excluding hydrogens is 298 g/mol. The molecule has 120 valence electrons. The molecule has 0 aliphatic rings. The van der Waals surface area contributed by atoms with E-state index in [-0.39, 0.29) is 22.7 Å². The number of nitrogens with one attached hydrogen (secondary N) is 1. The van der Waals surface area contributed by atoms with Crippen molar-refractivity contribution < 1.29 is 9.72 Å². The predicted octanol–water partition coefficient (Wildman–Crippen LogP) is 1.89. The molecule has 1 amide bonds. The second kappa shape index (κ2) is 7.35. The van der Waals surface area contributed by atoms with Gasteiger partial charge in [0.25, 0.3) is 17.2 Å². The van der Waals surface area contributed by atoms with E-state index >= 15 is 0 Å². The molecule has 0 radical (unpaired) electrons. The van der Waals surface area contributed by atoms with Crippen LogP contribution in [0.3, 0.4) is 0 Å². The van der Waals surface area contributed by atoms with Gasteiger partial charge in [0, 0.05) is 43.0 Å². The van der Waals surface area contributed by atoms with Crippen LogP contribution >= 0.6 is 0 Å². The molecule has 0 bridgehead atoms. The fourth-order valence-electron chi connectivity index (χ4n) is 2.11. The first-order chi connectivity index (χ1) is 11.0. The van der Waals surface area contributed by atoms with Crippen LogP contribution in [-0.2, 0) is 6.54 Å². The summed E-state index contributed by atoms with van der Waals surface area (Å²) in [6.07, 6.45) is 2.31. The Kier molecular flexibility index (Phi) is 5.24. The monoisotopic (exact) mass is 315 g/mol. The second-order valence-electron chi connectivity index (χ2n) is 5.15. The Labute approximate surface area is 132 Å². The smallest absolute Gasteiger partial charge is 0.270 e. The molecule has 7 heteroatoms. The van der Waals surface area contributed by atoms with Gasteiger partial charge in [0.2, 0.25) is 0 Å². The fourth-order valence-corrected chi connectivity index (χ4v) is 2.11. The van der Waals surface area contributed by atoms with Crippen LogP contribution in [0, 0.1) is 17.0 Å². The van der Waals surface area contributed by atoms with E-state index in [0.29, 0.717) is 19.5 Å². The molecule has 0 atom stereocenters. The van der Waals surface area contributed by atoms with Crippen LogP contribution in [0.1, 0.15) is 22.3 Å². The van der Waals surface area contributed by atoms with Crippen molar-refractivity contribution in [3.05, 3.63) is 74.2 Å². The number of amides is 1. The molecule has 0 saturated carbocycles. The summed E-state index contributed by atoms with van der Waals surface area (Å²) in [6, 6.07) is 8.97. The number of hydrogen-bond donors (Lipinski definition) is 1. The normalized spacial score (nSPS) is 10.3. The van der Waals surface area contributed by atoms with Crippen molar-refractivity contribution in [2.75, 3.05) is 6.54 Å². The number of nitro groups is 1. The van der Waals surface area contributed by atoms with Crippen molar-refractivity contribution in [2.45, 2.75) is 19.9 Å². The molecule has 0 unspecified atom stereocenters. The quantitative estimate of drug-likeness (QED) is 0.500. The first-order valence-electron chi connectivity index (χ1n) is 7.17. The van der Waals surface area contributed by atoms with Gasteiger partial charge < -0.3 is 9.88 Å². The van der Waals surface area contributed by atoms with E-state index in [0.717, 1.165) is 5.56 Å². The lowest BCUT2D eigenvalue weighted by Gasteiger charge is -2.07. The lowest BCUT2D eigenvalue weighted by Crippen LogP contribution is -2.27. The minimum atomic E-state index is -0.541. The Balaban J connectivity index is 1.86. The summed E-state index contributed by atoms with van der Waals surface area (Å²) in [5.41, 5.74) is 0.954. The van der Waals surface area contributed by atoms with E-state index in [4.69, 9.17) is 0 Å². The SMILES string of the molecule is Cc1ccn(CCCNC(=O)c2cccc([N+](=O)[O-])c2)c(=O)c1. The molecule has 1 N–H and O–H groups in total. The highest BCUT2D eigenvalue weighted by Gasteiger charge is 2.10. The highest BCUT2D eigenvalue weighted by atomic mass is 16.6. The van der Waals surface area contributed by atoms with Crippen LogP contribution in [-0.4, -0.2) is 21.9 Å². The summed E-state index contributed by atoms with van der Waals surface area (Å²) in [4.78, 5) is 33.8. The highest BCUT2D eigenvalue weighted by Crippen LogP contribution is 2.12. The third kappa shape index (κ3) is 4.50. The van der Waals surface area contributed by atoms with Gasteiger partial charge in [-0.15, -0.1) is 0 Å². The third-order valence-corrected chi connectivity index (χ3v) is 3.33. The van der Waals surface area contributed by atoms with Crippen molar-refractivity contribution in [3.63, 3.8) is 0 Å². The summed E-state index contributed by atoms with van der Waals surface area (Å²) in [5, 5.41) is 13.4. The van der Waals surface area contributed by atoms with Gasteiger partial charge in [-0.3, -0.25) is 19.7 Å². The van der Waals surface area contributed by atoms with Crippen LogP contribution in [0.15, 0.2) is 47.4 Å². The van der Waals surface area contributed by atoms with Crippen LogP contribution in [0.2, 0.25) is 0 Å². The van der Waals surface area contributed by atoms with Gasteiger partial charge >= 0.3 is 0 Å². The first kappa shape index (κ1) is 16.4. The minimum Gasteiger partial charge on any atom is -0.352 e. The number of aryl methyl sites for hydroxylation is 2. The van der Waals surface area contributed by atoms with Crippen molar-refractivity contribution in [1.29, 1.82) is 0 Å². The number of hydrogen-bond acceptors (Lipinski definition) is 4. The maximum Gasteiger partial charge on any atom is 0.270 e. The molecule has 1 aromatic heterocycles. The molecule has 0 aliphatic carbocycles. The van der Waals surface area contributed by atoms with E-state index in [1.165, 1.54) is 24.3 Å². The molecule has 0 spiro atoms. The number of benzene rings is 1. The average molecular weight is 315 g/mol. The van der Waals surface area contributed by atoms with Gasteiger partial charge in [-0.25, -0.2) is 0 Å². The van der Waals surface area contributed by atoms with E-state index in [2.05, 4.69) is 5.32 Å². The van der Waals surface area contributed by atoms with Gasteiger partial charge in [0.05, 0.1) is 4.92 Å². The standard InChI is InChI=1S/C16H17N3O4/c1-12-6-9-18(15(20)10-12)8-3-7-17-16(21)13-4-2-5-14(11-13)19(22)23/h2,4-6,9-11H,3,7-8H2,1H3,(H,17,21). The molecule has 23 heavy (non-hydrogen) atoms. The van der Waals surface area contributed by atoms with Crippen molar-refractivity contribution in [2.24, 2.45) is 0 Å². The Morgan fingerprint density at radius 2 is 2.09 bits per heavy atom. The largest absolute Gasteiger partial charge is 0.352 e. The topological polar surface area (TPSA) is 94.2 Å². The summed E-state index contributed by atoms with van der Waals surface area (Å²) in [5.74, 6) is -0.370. The van der Waals surface area contributed by atoms with Crippen LogP contribution in [0.25, 0.3) is 0 Å². The zero-order valence-corrected chi connectivity index (χ0v) is 12.7. The number of pyridine rings is 1. The molecule has 0 fully saturated rings. The van der Waals surface area contributed by atoms with Crippen LogP contribution in [0.4, 0.5) is 5.69 Å². The number of nitrogens with zero attached hydrogens (tertiary/aromatic N) is 2. The molecule has 0 aliphatic heterocycles. The number of carbonyl (C=O) groups is 1. The number of carbonyl (C=O) groups excluding carboxylic acids is 1. The molecular formula is C16H17N3O4. The predicted molar refractivity (Wildman–Crippen MR) is 85.5 cm³/mol. The van der Waals surface area contributed by atoms with Gasteiger partial charge in [0.15, 0.2) is 0 Å². The zero-order valence-electron chi connectivity index (χ0n) is 12.7. The average Bonchev–Trinajstić information content (AvgIpc) is 2.53. The van der Waals surface area contributed by atoms with Crippen LogP contribution < -0.4 is 10.9 Å².